The lowest BCUT2D eigenvalue weighted by molar-refractivity contribution is -0.140. The summed E-state index contributed by atoms with van der Waals surface area (Å²) < 4.78 is 4.66. The number of carboxylic acids is 1. The quantitative estimate of drug-likeness (QED) is 0.492. The number of nitrogens with one attached hydrogen (secondary N) is 1. The largest absolute Gasteiger partial charge is 0.480 e. The van der Waals surface area contributed by atoms with Crippen molar-refractivity contribution in [3.63, 3.8) is 0 Å². The Hall–Kier alpha value is -2.03. The van der Waals surface area contributed by atoms with Crippen LogP contribution in [0.25, 0.3) is 0 Å². The van der Waals surface area contributed by atoms with E-state index in [-0.39, 0.29) is 13.0 Å². The fourth-order valence-corrected chi connectivity index (χ4v) is 1.09. The summed E-state index contributed by atoms with van der Waals surface area (Å²) in [5.41, 5.74) is 0. The Labute approximate surface area is 99.9 Å². The Kier molecular flexibility index (Phi) is 8.11. The maximum Gasteiger partial charge on any atom is 0.407 e. The van der Waals surface area contributed by atoms with Crippen molar-refractivity contribution >= 4 is 12.1 Å². The minimum absolute atomic E-state index is 0.154. The van der Waals surface area contributed by atoms with E-state index in [1.807, 2.05) is 0 Å². The van der Waals surface area contributed by atoms with Gasteiger partial charge in [0, 0.05) is 6.54 Å². The number of amides is 1. The van der Waals surface area contributed by atoms with Crippen LogP contribution in [-0.2, 0) is 9.53 Å². The first-order chi connectivity index (χ1) is 8.11. The van der Waals surface area contributed by atoms with E-state index in [4.69, 9.17) is 10.4 Å². The van der Waals surface area contributed by atoms with E-state index in [1.54, 1.807) is 6.07 Å². The maximum absolute atomic E-state index is 10.9. The van der Waals surface area contributed by atoms with Gasteiger partial charge in [-0.1, -0.05) is 12.7 Å². The number of hydrogen-bond acceptors (Lipinski definition) is 4. The molecule has 0 unspecified atom stereocenters. The van der Waals surface area contributed by atoms with Gasteiger partial charge in [-0.05, 0) is 19.3 Å². The van der Waals surface area contributed by atoms with E-state index in [1.165, 1.54) is 6.08 Å². The molecule has 0 saturated heterocycles. The highest BCUT2D eigenvalue weighted by Crippen LogP contribution is 2.07. The number of carboxylic acid groups (broad SMARTS) is 1. The molecule has 0 aliphatic rings. The van der Waals surface area contributed by atoms with E-state index in [9.17, 15) is 9.59 Å². The van der Waals surface area contributed by atoms with Crippen molar-refractivity contribution in [3.05, 3.63) is 12.7 Å². The van der Waals surface area contributed by atoms with Gasteiger partial charge in [-0.3, -0.25) is 4.79 Å². The number of ether oxygens (including phenoxy) is 1. The molecule has 6 heteroatoms. The van der Waals surface area contributed by atoms with Gasteiger partial charge in [0.25, 0.3) is 0 Å². The Morgan fingerprint density at radius 2 is 2.24 bits per heavy atom. The zero-order valence-electron chi connectivity index (χ0n) is 9.52. The van der Waals surface area contributed by atoms with Crippen LogP contribution in [0.4, 0.5) is 4.79 Å². The molecule has 2 N–H and O–H groups in total. The molecule has 0 aromatic heterocycles. The summed E-state index contributed by atoms with van der Waals surface area (Å²) in [4.78, 5) is 21.4. The first-order valence-electron chi connectivity index (χ1n) is 5.25. The van der Waals surface area contributed by atoms with Gasteiger partial charge in [0.15, 0.2) is 0 Å². The Morgan fingerprint density at radius 1 is 1.53 bits per heavy atom. The van der Waals surface area contributed by atoms with Crippen molar-refractivity contribution in [2.24, 2.45) is 5.92 Å². The van der Waals surface area contributed by atoms with Gasteiger partial charge in [0.05, 0.1) is 6.07 Å². The average molecular weight is 240 g/mol. The molecular weight excluding hydrogens is 224 g/mol. The van der Waals surface area contributed by atoms with Gasteiger partial charge in [0.1, 0.15) is 12.5 Å². The third kappa shape index (κ3) is 7.85. The fourth-order valence-electron chi connectivity index (χ4n) is 1.09. The molecule has 0 aliphatic heterocycles. The van der Waals surface area contributed by atoms with E-state index >= 15 is 0 Å². The first kappa shape index (κ1) is 15.0. The van der Waals surface area contributed by atoms with Crippen LogP contribution < -0.4 is 5.32 Å². The molecule has 0 saturated carbocycles. The molecule has 0 bridgehead atoms. The zero-order valence-corrected chi connectivity index (χ0v) is 9.52. The summed E-state index contributed by atoms with van der Waals surface area (Å²) in [6.45, 7) is 3.95. The first-order valence-corrected chi connectivity index (χ1v) is 5.25. The summed E-state index contributed by atoms with van der Waals surface area (Å²) >= 11 is 0. The zero-order chi connectivity index (χ0) is 13.1. The molecule has 0 aromatic carbocycles. The molecule has 0 aliphatic carbocycles. The lowest BCUT2D eigenvalue weighted by atomic mass is 10.0. The molecule has 6 nitrogen and oxygen atoms in total. The van der Waals surface area contributed by atoms with Crippen molar-refractivity contribution < 1.29 is 19.4 Å². The Balaban J connectivity index is 3.52. The summed E-state index contributed by atoms with van der Waals surface area (Å²) in [6, 6.07) is 1.71. The number of rotatable bonds is 8. The van der Waals surface area contributed by atoms with Gasteiger partial charge in [-0.25, -0.2) is 4.79 Å². The topological polar surface area (TPSA) is 99.4 Å². The predicted octanol–water partition coefficient (Wildman–Crippen LogP) is 1.29. The van der Waals surface area contributed by atoms with Gasteiger partial charge >= 0.3 is 12.1 Å². The van der Waals surface area contributed by atoms with Crippen LogP contribution in [0.1, 0.15) is 19.3 Å². The molecule has 0 aromatic rings. The van der Waals surface area contributed by atoms with Crippen LogP contribution >= 0.6 is 0 Å². The van der Waals surface area contributed by atoms with Crippen molar-refractivity contribution in [2.45, 2.75) is 19.3 Å². The number of unbranched alkanes of at least 4 members (excludes halogenated alkanes) is 1. The van der Waals surface area contributed by atoms with Gasteiger partial charge in [-0.2, -0.15) is 5.26 Å². The number of carbonyl (C=O) groups excluding carboxylic acids is 1. The molecule has 0 rings (SSSR count). The second-order valence-electron chi connectivity index (χ2n) is 3.33. The van der Waals surface area contributed by atoms with Crippen molar-refractivity contribution in [1.82, 2.24) is 5.32 Å². The lowest BCUT2D eigenvalue weighted by Gasteiger charge is -2.06. The summed E-state index contributed by atoms with van der Waals surface area (Å²) in [5, 5.41) is 19.6. The third-order valence-corrected chi connectivity index (χ3v) is 1.98. The van der Waals surface area contributed by atoms with Crippen LogP contribution in [-0.4, -0.2) is 30.3 Å². The highest BCUT2D eigenvalue weighted by Gasteiger charge is 2.15. The third-order valence-electron chi connectivity index (χ3n) is 1.98. The molecule has 94 valence electrons. The second-order valence-corrected chi connectivity index (χ2v) is 3.33. The van der Waals surface area contributed by atoms with Crippen LogP contribution in [0.2, 0.25) is 0 Å². The van der Waals surface area contributed by atoms with E-state index < -0.39 is 18.0 Å². The molecule has 0 radical (unpaired) electrons. The summed E-state index contributed by atoms with van der Waals surface area (Å²) in [5.74, 6) is -2.08. The van der Waals surface area contributed by atoms with Crippen LogP contribution in [0.15, 0.2) is 12.7 Å². The van der Waals surface area contributed by atoms with Crippen LogP contribution in [0.3, 0.4) is 0 Å². The number of hydrogen-bond donors (Lipinski definition) is 2. The molecule has 1 atom stereocenters. The molecule has 17 heavy (non-hydrogen) atoms. The van der Waals surface area contributed by atoms with Crippen LogP contribution in [0, 0.1) is 17.2 Å². The van der Waals surface area contributed by atoms with Gasteiger partial charge in [-0.15, -0.1) is 0 Å². The predicted molar refractivity (Wildman–Crippen MR) is 60.1 cm³/mol. The van der Waals surface area contributed by atoms with E-state index in [0.717, 1.165) is 0 Å². The molecule has 0 fully saturated rings. The fraction of sp³-hybridized carbons (Fsp3) is 0.545. The monoisotopic (exact) mass is 240 g/mol. The Bertz CT molecular complexity index is 309. The highest BCUT2D eigenvalue weighted by molar-refractivity contribution is 5.72. The normalized spacial score (nSPS) is 11.0. The standard InChI is InChI=1S/C11H16N2O4/c1-2-7-17-11(16)13-6-4-3-5-9(8-12)10(14)15/h2,9H,1,3-7H2,(H,13,16)(H,14,15)/t9-/m1/s1. The Morgan fingerprint density at radius 3 is 2.76 bits per heavy atom. The number of carbonyl (C=O) groups is 2. The number of nitriles is 1. The SMILES string of the molecule is C=CCOC(=O)NCCCC[C@H](C#N)C(=O)O. The number of nitrogens with zero attached hydrogens (tertiary/aromatic N) is 1. The minimum atomic E-state index is -1.11. The smallest absolute Gasteiger partial charge is 0.407 e. The number of alkyl carbamates (subject to hydrolysis) is 1. The van der Waals surface area contributed by atoms with Crippen molar-refractivity contribution in [2.75, 3.05) is 13.2 Å². The van der Waals surface area contributed by atoms with Crippen LogP contribution in [0.5, 0.6) is 0 Å². The second kappa shape index (κ2) is 9.21. The molecule has 0 heterocycles. The van der Waals surface area contributed by atoms with Crippen molar-refractivity contribution in [1.29, 1.82) is 5.26 Å². The highest BCUT2D eigenvalue weighted by atomic mass is 16.5. The molecule has 1 amide bonds. The molecule has 0 spiro atoms. The van der Waals surface area contributed by atoms with Gasteiger partial charge < -0.3 is 15.2 Å². The average Bonchev–Trinajstić information content (AvgIpc) is 2.30. The summed E-state index contributed by atoms with van der Waals surface area (Å²) in [7, 11) is 0. The van der Waals surface area contributed by atoms with Crippen molar-refractivity contribution in [3.8, 4) is 6.07 Å². The molecular formula is C11H16N2O4. The summed E-state index contributed by atoms with van der Waals surface area (Å²) in [6.07, 6.45) is 2.39. The lowest BCUT2D eigenvalue weighted by Crippen LogP contribution is -2.25. The maximum atomic E-state index is 10.9. The van der Waals surface area contributed by atoms with Gasteiger partial charge in [0.2, 0.25) is 0 Å². The van der Waals surface area contributed by atoms with E-state index in [0.29, 0.717) is 19.4 Å². The minimum Gasteiger partial charge on any atom is -0.480 e. The van der Waals surface area contributed by atoms with E-state index in [2.05, 4.69) is 16.6 Å². The number of aliphatic carboxylic acids is 1.